The van der Waals surface area contributed by atoms with E-state index < -0.39 is 10.0 Å². The minimum absolute atomic E-state index is 0.198. The van der Waals surface area contributed by atoms with Gasteiger partial charge in [-0.3, -0.25) is 9.82 Å². The zero-order valence-electron chi connectivity index (χ0n) is 11.1. The number of rotatable bonds is 4. The van der Waals surface area contributed by atoms with Crippen molar-refractivity contribution in [2.24, 2.45) is 5.73 Å². The maximum Gasteiger partial charge on any atom is 0.263 e. The topological polar surface area (TPSA) is 101 Å². The fourth-order valence-electron chi connectivity index (χ4n) is 2.17. The molecule has 1 heterocycles. The zero-order valence-corrected chi connectivity index (χ0v) is 11.9. The van der Waals surface area contributed by atoms with Crippen LogP contribution in [-0.2, 0) is 16.6 Å². The molecule has 0 atom stereocenters. The van der Waals surface area contributed by atoms with Gasteiger partial charge < -0.3 is 5.73 Å². The summed E-state index contributed by atoms with van der Waals surface area (Å²) in [5.74, 6) is 0.297. The van der Waals surface area contributed by atoms with Gasteiger partial charge in [0.1, 0.15) is 5.82 Å². The van der Waals surface area contributed by atoms with E-state index in [0.717, 1.165) is 5.39 Å². The predicted molar refractivity (Wildman–Crippen MR) is 81.2 cm³/mol. The molecule has 3 rings (SSSR count). The smallest absolute Gasteiger partial charge is 0.263 e. The summed E-state index contributed by atoms with van der Waals surface area (Å²) in [5.41, 5.74) is 6.16. The monoisotopic (exact) mass is 302 g/mol. The van der Waals surface area contributed by atoms with E-state index in [1.54, 1.807) is 18.2 Å². The molecule has 0 bridgehead atoms. The summed E-state index contributed by atoms with van der Waals surface area (Å²) in [5, 5.41) is 7.94. The first-order valence-electron chi connectivity index (χ1n) is 6.35. The normalized spacial score (nSPS) is 11.7. The van der Waals surface area contributed by atoms with Crippen molar-refractivity contribution in [1.29, 1.82) is 0 Å². The molecular formula is C14H14N4O2S. The van der Waals surface area contributed by atoms with E-state index in [4.69, 9.17) is 5.73 Å². The number of hydrogen-bond donors (Lipinski definition) is 3. The molecule has 6 nitrogen and oxygen atoms in total. The molecule has 0 spiro atoms. The van der Waals surface area contributed by atoms with Crippen molar-refractivity contribution in [2.45, 2.75) is 11.4 Å². The first-order chi connectivity index (χ1) is 10.1. The van der Waals surface area contributed by atoms with Crippen molar-refractivity contribution < 1.29 is 8.42 Å². The van der Waals surface area contributed by atoms with Gasteiger partial charge in [-0.15, -0.1) is 0 Å². The molecule has 0 saturated carbocycles. The number of fused-ring (bicyclic) bond motifs is 1. The van der Waals surface area contributed by atoms with Crippen LogP contribution in [0.5, 0.6) is 0 Å². The van der Waals surface area contributed by atoms with Crippen molar-refractivity contribution in [3.05, 3.63) is 54.2 Å². The summed E-state index contributed by atoms with van der Waals surface area (Å²) in [7, 11) is -3.72. The molecular weight excluding hydrogens is 288 g/mol. The van der Waals surface area contributed by atoms with Crippen LogP contribution >= 0.6 is 0 Å². The predicted octanol–water partition coefficient (Wildman–Crippen LogP) is 1.82. The highest BCUT2D eigenvalue weighted by Crippen LogP contribution is 2.25. The first kappa shape index (κ1) is 13.6. The number of anilines is 1. The standard InChI is InChI=1S/C14H14N4O2S/c15-8-11-9-16-17-14(11)18-21(19,20)13-7-3-5-10-4-1-2-6-12(10)13/h1-7,9H,8,15H2,(H2,16,17,18). The van der Waals surface area contributed by atoms with Gasteiger partial charge in [-0.25, -0.2) is 8.42 Å². The number of nitrogens with zero attached hydrogens (tertiary/aromatic N) is 1. The number of sulfonamides is 1. The third-order valence-electron chi connectivity index (χ3n) is 3.21. The maximum absolute atomic E-state index is 12.6. The third-order valence-corrected chi connectivity index (χ3v) is 4.62. The number of benzene rings is 2. The van der Waals surface area contributed by atoms with E-state index >= 15 is 0 Å². The Morgan fingerprint density at radius 2 is 1.90 bits per heavy atom. The zero-order chi connectivity index (χ0) is 14.9. The van der Waals surface area contributed by atoms with E-state index in [-0.39, 0.29) is 11.4 Å². The lowest BCUT2D eigenvalue weighted by Crippen LogP contribution is -2.15. The Labute approximate surface area is 122 Å². The fourth-order valence-corrected chi connectivity index (χ4v) is 3.46. The van der Waals surface area contributed by atoms with Crippen LogP contribution in [0.1, 0.15) is 5.56 Å². The summed E-state index contributed by atoms with van der Waals surface area (Å²) in [4.78, 5) is 0.221. The molecule has 108 valence electrons. The molecule has 21 heavy (non-hydrogen) atoms. The number of nitrogens with one attached hydrogen (secondary N) is 2. The molecule has 4 N–H and O–H groups in total. The van der Waals surface area contributed by atoms with Gasteiger partial charge in [-0.2, -0.15) is 5.10 Å². The Morgan fingerprint density at radius 1 is 1.14 bits per heavy atom. The Hall–Kier alpha value is -2.38. The average molecular weight is 302 g/mol. The average Bonchev–Trinajstić information content (AvgIpc) is 2.93. The lowest BCUT2D eigenvalue weighted by atomic mass is 10.1. The number of aromatic nitrogens is 2. The highest BCUT2D eigenvalue weighted by molar-refractivity contribution is 7.93. The SMILES string of the molecule is NCc1cn[nH]c1NS(=O)(=O)c1cccc2ccccc12. The highest BCUT2D eigenvalue weighted by Gasteiger charge is 2.19. The summed E-state index contributed by atoms with van der Waals surface area (Å²) in [6.45, 7) is 0.198. The quantitative estimate of drug-likeness (QED) is 0.684. The molecule has 1 aromatic heterocycles. The van der Waals surface area contributed by atoms with E-state index in [1.165, 1.54) is 6.20 Å². The van der Waals surface area contributed by atoms with E-state index in [9.17, 15) is 8.42 Å². The van der Waals surface area contributed by atoms with Gasteiger partial charge in [0, 0.05) is 17.5 Å². The molecule has 0 saturated heterocycles. The number of nitrogens with two attached hydrogens (primary N) is 1. The van der Waals surface area contributed by atoms with Crippen LogP contribution < -0.4 is 10.5 Å². The largest absolute Gasteiger partial charge is 0.326 e. The van der Waals surface area contributed by atoms with Gasteiger partial charge >= 0.3 is 0 Å². The second-order valence-electron chi connectivity index (χ2n) is 4.56. The lowest BCUT2D eigenvalue weighted by molar-refractivity contribution is 0.602. The van der Waals surface area contributed by atoms with Crippen molar-refractivity contribution in [2.75, 3.05) is 4.72 Å². The van der Waals surface area contributed by atoms with Gasteiger partial charge in [0.05, 0.1) is 11.1 Å². The van der Waals surface area contributed by atoms with Crippen LogP contribution in [-0.4, -0.2) is 18.6 Å². The molecule has 0 aliphatic rings. The minimum atomic E-state index is -3.72. The molecule has 0 fully saturated rings. The molecule has 0 aliphatic heterocycles. The molecule has 3 aromatic rings. The summed E-state index contributed by atoms with van der Waals surface area (Å²) in [6, 6.07) is 12.5. The Kier molecular flexibility index (Phi) is 3.36. The van der Waals surface area contributed by atoms with Crippen LogP contribution in [0, 0.1) is 0 Å². The summed E-state index contributed by atoms with van der Waals surface area (Å²) >= 11 is 0. The maximum atomic E-state index is 12.6. The first-order valence-corrected chi connectivity index (χ1v) is 7.83. The van der Waals surface area contributed by atoms with Gasteiger partial charge in [-0.1, -0.05) is 36.4 Å². The summed E-state index contributed by atoms with van der Waals surface area (Å²) in [6.07, 6.45) is 1.50. The molecule has 2 aromatic carbocycles. The van der Waals surface area contributed by atoms with Gasteiger partial charge in [0.2, 0.25) is 0 Å². The van der Waals surface area contributed by atoms with Crippen molar-refractivity contribution in [3.8, 4) is 0 Å². The van der Waals surface area contributed by atoms with Gasteiger partial charge in [-0.05, 0) is 11.5 Å². The van der Waals surface area contributed by atoms with Crippen LogP contribution in [0.3, 0.4) is 0 Å². The van der Waals surface area contributed by atoms with Crippen LogP contribution in [0.4, 0.5) is 5.82 Å². The van der Waals surface area contributed by atoms with Crippen molar-refractivity contribution >= 4 is 26.6 Å². The van der Waals surface area contributed by atoms with Crippen LogP contribution in [0.25, 0.3) is 10.8 Å². The molecule has 0 unspecified atom stereocenters. The third kappa shape index (κ3) is 2.48. The van der Waals surface area contributed by atoms with Crippen molar-refractivity contribution in [1.82, 2.24) is 10.2 Å². The minimum Gasteiger partial charge on any atom is -0.326 e. The lowest BCUT2D eigenvalue weighted by Gasteiger charge is -2.10. The van der Waals surface area contributed by atoms with E-state index in [2.05, 4.69) is 14.9 Å². The summed E-state index contributed by atoms with van der Waals surface area (Å²) < 4.78 is 27.7. The number of hydrogen-bond acceptors (Lipinski definition) is 4. The van der Waals surface area contributed by atoms with Gasteiger partial charge in [0.15, 0.2) is 0 Å². The van der Waals surface area contributed by atoms with Gasteiger partial charge in [0.25, 0.3) is 10.0 Å². The second kappa shape index (κ2) is 5.19. The number of aromatic amines is 1. The molecule has 7 heteroatoms. The highest BCUT2D eigenvalue weighted by atomic mass is 32.2. The van der Waals surface area contributed by atoms with Crippen molar-refractivity contribution in [3.63, 3.8) is 0 Å². The van der Waals surface area contributed by atoms with E-state index in [0.29, 0.717) is 16.8 Å². The Bertz CT molecular complexity index is 881. The molecule has 0 radical (unpaired) electrons. The Balaban J connectivity index is 2.09. The number of H-pyrrole nitrogens is 1. The van der Waals surface area contributed by atoms with E-state index in [1.807, 2.05) is 24.3 Å². The Morgan fingerprint density at radius 3 is 2.71 bits per heavy atom. The molecule has 0 aliphatic carbocycles. The molecule has 0 amide bonds. The van der Waals surface area contributed by atoms with Crippen LogP contribution in [0.2, 0.25) is 0 Å². The second-order valence-corrected chi connectivity index (χ2v) is 6.21. The van der Waals surface area contributed by atoms with Crippen LogP contribution in [0.15, 0.2) is 53.6 Å². The fraction of sp³-hybridized carbons (Fsp3) is 0.0714.